The number of urea groups is 1. The van der Waals surface area contributed by atoms with E-state index in [2.05, 4.69) is 0 Å². The number of para-hydroxylation sites is 1. The van der Waals surface area contributed by atoms with Gasteiger partial charge in [-0.05, 0) is 42.3 Å². The fraction of sp³-hybridized carbons (Fsp3) is 0.200. The van der Waals surface area contributed by atoms with Gasteiger partial charge in [0, 0.05) is 5.69 Å². The number of amides is 3. The third-order valence-corrected chi connectivity index (χ3v) is 5.28. The van der Waals surface area contributed by atoms with Crippen LogP contribution >= 0.6 is 0 Å². The largest absolute Gasteiger partial charge is 0.491 e. The van der Waals surface area contributed by atoms with Gasteiger partial charge in [-0.3, -0.25) is 14.6 Å². The monoisotopic (exact) mass is 416 g/mol. The molecule has 1 N–H and O–H groups in total. The number of nitrogens with zero attached hydrogens (tertiary/aromatic N) is 2. The third kappa shape index (κ3) is 4.44. The lowest BCUT2D eigenvalue weighted by Gasteiger charge is -2.20. The van der Waals surface area contributed by atoms with Crippen molar-refractivity contribution in [2.75, 3.05) is 18.1 Å². The van der Waals surface area contributed by atoms with Crippen LogP contribution in [-0.4, -0.2) is 47.2 Å². The number of aliphatic hydroxyl groups excluding tert-OH is 1. The van der Waals surface area contributed by atoms with Crippen LogP contribution in [0.15, 0.2) is 84.9 Å². The third-order valence-electron chi connectivity index (χ3n) is 5.28. The van der Waals surface area contributed by atoms with E-state index in [-0.39, 0.29) is 19.1 Å². The maximum absolute atomic E-state index is 12.8. The van der Waals surface area contributed by atoms with Crippen molar-refractivity contribution < 1.29 is 19.4 Å². The van der Waals surface area contributed by atoms with Gasteiger partial charge in [-0.2, -0.15) is 0 Å². The molecule has 158 valence electrons. The summed E-state index contributed by atoms with van der Waals surface area (Å²) in [6, 6.07) is 25.6. The normalized spacial score (nSPS) is 17.2. The molecular weight excluding hydrogens is 392 g/mol. The zero-order chi connectivity index (χ0) is 21.8. The molecule has 2 atom stereocenters. The Morgan fingerprint density at radius 2 is 1.45 bits per heavy atom. The van der Waals surface area contributed by atoms with Crippen LogP contribution in [-0.2, 0) is 4.79 Å². The van der Waals surface area contributed by atoms with Gasteiger partial charge in [-0.25, -0.2) is 4.79 Å². The summed E-state index contributed by atoms with van der Waals surface area (Å²) in [7, 11) is 0. The lowest BCUT2D eigenvalue weighted by atomic mass is 10.1. The molecule has 3 amide bonds. The Hall–Kier alpha value is -3.64. The SMILES string of the molecule is CC1C(=O)N(CC(O)COc2ccc(-c3ccccc3)cc2)C(=O)N1c1ccccc1. The molecule has 6 heteroatoms. The van der Waals surface area contributed by atoms with E-state index in [1.165, 1.54) is 4.90 Å². The predicted molar refractivity (Wildman–Crippen MR) is 119 cm³/mol. The Bertz CT molecular complexity index is 1040. The van der Waals surface area contributed by atoms with Crippen LogP contribution in [0.1, 0.15) is 6.92 Å². The van der Waals surface area contributed by atoms with Crippen LogP contribution in [0.25, 0.3) is 11.1 Å². The molecular formula is C25H24N2O4. The molecule has 31 heavy (non-hydrogen) atoms. The molecule has 0 spiro atoms. The fourth-order valence-corrected chi connectivity index (χ4v) is 3.65. The molecule has 1 fully saturated rings. The molecule has 0 aliphatic carbocycles. The summed E-state index contributed by atoms with van der Waals surface area (Å²) >= 11 is 0. The average molecular weight is 416 g/mol. The maximum Gasteiger partial charge on any atom is 0.332 e. The number of rotatable bonds is 7. The number of carbonyl (C=O) groups is 2. The summed E-state index contributed by atoms with van der Waals surface area (Å²) in [6.07, 6.45) is -0.996. The van der Waals surface area contributed by atoms with Gasteiger partial charge in [0.1, 0.15) is 24.5 Å². The van der Waals surface area contributed by atoms with Crippen LogP contribution in [0.2, 0.25) is 0 Å². The minimum Gasteiger partial charge on any atom is -0.491 e. The zero-order valence-electron chi connectivity index (χ0n) is 17.2. The second kappa shape index (κ2) is 9.02. The van der Waals surface area contributed by atoms with Crippen molar-refractivity contribution in [2.45, 2.75) is 19.1 Å². The van der Waals surface area contributed by atoms with E-state index >= 15 is 0 Å². The van der Waals surface area contributed by atoms with Crippen molar-refractivity contribution in [2.24, 2.45) is 0 Å². The summed E-state index contributed by atoms with van der Waals surface area (Å²) in [5.74, 6) is 0.275. The van der Waals surface area contributed by atoms with E-state index in [4.69, 9.17) is 4.74 Å². The van der Waals surface area contributed by atoms with E-state index in [1.54, 1.807) is 19.1 Å². The predicted octanol–water partition coefficient (Wildman–Crippen LogP) is 3.95. The fourth-order valence-electron chi connectivity index (χ4n) is 3.65. The minimum atomic E-state index is -0.996. The number of carbonyl (C=O) groups excluding carboxylic acids is 2. The van der Waals surface area contributed by atoms with E-state index in [0.29, 0.717) is 11.4 Å². The first-order chi connectivity index (χ1) is 15.0. The number of benzene rings is 3. The van der Waals surface area contributed by atoms with Gasteiger partial charge in [0.15, 0.2) is 0 Å². The maximum atomic E-state index is 12.8. The topological polar surface area (TPSA) is 70.1 Å². The molecule has 6 nitrogen and oxygen atoms in total. The first kappa shape index (κ1) is 20.6. The van der Waals surface area contributed by atoms with Crippen molar-refractivity contribution >= 4 is 17.6 Å². The highest BCUT2D eigenvalue weighted by atomic mass is 16.5. The van der Waals surface area contributed by atoms with E-state index in [9.17, 15) is 14.7 Å². The molecule has 2 unspecified atom stereocenters. The van der Waals surface area contributed by atoms with E-state index < -0.39 is 18.2 Å². The van der Waals surface area contributed by atoms with Gasteiger partial charge in [-0.15, -0.1) is 0 Å². The van der Waals surface area contributed by atoms with Crippen LogP contribution < -0.4 is 9.64 Å². The van der Waals surface area contributed by atoms with E-state index in [1.807, 2.05) is 72.8 Å². The molecule has 1 heterocycles. The number of aliphatic hydroxyl groups is 1. The van der Waals surface area contributed by atoms with Gasteiger partial charge in [0.2, 0.25) is 0 Å². The second-order valence-electron chi connectivity index (χ2n) is 7.47. The van der Waals surface area contributed by atoms with Gasteiger partial charge in [0.05, 0.1) is 6.54 Å². The highest BCUT2D eigenvalue weighted by Gasteiger charge is 2.43. The summed E-state index contributed by atoms with van der Waals surface area (Å²) in [6.45, 7) is 1.54. The number of imide groups is 1. The molecule has 0 aromatic heterocycles. The second-order valence-corrected chi connectivity index (χ2v) is 7.47. The van der Waals surface area contributed by atoms with Gasteiger partial charge in [-0.1, -0.05) is 60.7 Å². The van der Waals surface area contributed by atoms with Gasteiger partial charge < -0.3 is 9.84 Å². The Kier molecular flexibility index (Phi) is 6.00. The number of hydrogen-bond acceptors (Lipinski definition) is 4. The van der Waals surface area contributed by atoms with Gasteiger partial charge in [0.25, 0.3) is 5.91 Å². The molecule has 3 aromatic rings. The lowest BCUT2D eigenvalue weighted by molar-refractivity contribution is -0.128. The molecule has 4 rings (SSSR count). The summed E-state index contributed by atoms with van der Waals surface area (Å²) < 4.78 is 5.66. The number of hydrogen-bond donors (Lipinski definition) is 1. The molecule has 0 bridgehead atoms. The summed E-state index contributed by atoms with van der Waals surface area (Å²) in [5.41, 5.74) is 2.83. The Labute approximate surface area is 181 Å². The number of ether oxygens (including phenoxy) is 1. The standard InChI is InChI=1S/C25H24N2O4/c1-18-24(29)26(25(30)27(18)21-10-6-3-7-11-21)16-22(28)17-31-23-14-12-20(13-15-23)19-8-4-2-5-9-19/h2-15,18,22,28H,16-17H2,1H3. The lowest BCUT2D eigenvalue weighted by Crippen LogP contribution is -2.40. The van der Waals surface area contributed by atoms with Gasteiger partial charge >= 0.3 is 6.03 Å². The van der Waals surface area contributed by atoms with Crippen molar-refractivity contribution in [3.05, 3.63) is 84.9 Å². The quantitative estimate of drug-likeness (QED) is 0.592. The molecule has 1 aliphatic rings. The molecule has 3 aromatic carbocycles. The van der Waals surface area contributed by atoms with Crippen LogP contribution in [0, 0.1) is 0 Å². The zero-order valence-corrected chi connectivity index (χ0v) is 17.2. The van der Waals surface area contributed by atoms with Crippen LogP contribution in [0.4, 0.5) is 10.5 Å². The molecule has 1 saturated heterocycles. The first-order valence-corrected chi connectivity index (χ1v) is 10.2. The van der Waals surface area contributed by atoms with Crippen LogP contribution in [0.3, 0.4) is 0 Å². The number of anilines is 1. The van der Waals surface area contributed by atoms with Crippen molar-refractivity contribution in [3.8, 4) is 16.9 Å². The van der Waals surface area contributed by atoms with Crippen molar-refractivity contribution in [1.29, 1.82) is 0 Å². The molecule has 0 saturated carbocycles. The molecule has 1 aliphatic heterocycles. The van der Waals surface area contributed by atoms with Crippen molar-refractivity contribution in [1.82, 2.24) is 4.90 Å². The smallest absolute Gasteiger partial charge is 0.332 e. The van der Waals surface area contributed by atoms with Crippen molar-refractivity contribution in [3.63, 3.8) is 0 Å². The Morgan fingerprint density at radius 1 is 0.871 bits per heavy atom. The Balaban J connectivity index is 1.35. The Morgan fingerprint density at radius 3 is 2.10 bits per heavy atom. The molecule has 0 radical (unpaired) electrons. The minimum absolute atomic E-state index is 0.0263. The summed E-state index contributed by atoms with van der Waals surface area (Å²) in [4.78, 5) is 27.9. The first-order valence-electron chi connectivity index (χ1n) is 10.2. The van der Waals surface area contributed by atoms with E-state index in [0.717, 1.165) is 16.0 Å². The average Bonchev–Trinajstić information content (AvgIpc) is 3.02. The summed E-state index contributed by atoms with van der Waals surface area (Å²) in [5, 5.41) is 10.4. The number of β-amino-alcohol motifs (C(OH)–C–C–N with tert-alkyl or cyclic N) is 1. The highest BCUT2D eigenvalue weighted by Crippen LogP contribution is 2.26. The van der Waals surface area contributed by atoms with Crippen LogP contribution in [0.5, 0.6) is 5.75 Å². The highest BCUT2D eigenvalue weighted by molar-refractivity contribution is 6.14.